The highest BCUT2D eigenvalue weighted by Gasteiger charge is 2.43. The van der Waals surface area contributed by atoms with Crippen molar-refractivity contribution in [3.8, 4) is 11.3 Å². The van der Waals surface area contributed by atoms with Crippen LogP contribution in [0, 0.1) is 11.8 Å². The molecule has 1 aromatic carbocycles. The van der Waals surface area contributed by atoms with Crippen molar-refractivity contribution in [2.75, 3.05) is 13.1 Å². The Balaban J connectivity index is 1.40. The molecule has 0 radical (unpaired) electrons. The lowest BCUT2D eigenvalue weighted by Crippen LogP contribution is -2.58. The fourth-order valence-electron chi connectivity index (χ4n) is 4.89. The van der Waals surface area contributed by atoms with Gasteiger partial charge in [-0.1, -0.05) is 50.3 Å². The Kier molecular flexibility index (Phi) is 5.71. The fraction of sp³-hybridized carbons (Fsp3) is 0.625. The molecule has 0 saturated carbocycles. The zero-order valence-corrected chi connectivity index (χ0v) is 18.9. The van der Waals surface area contributed by atoms with E-state index in [0.717, 1.165) is 43.7 Å². The van der Waals surface area contributed by atoms with E-state index in [2.05, 4.69) is 71.8 Å². The molecule has 4 atom stereocenters. The molecule has 2 aromatic rings. The smallest absolute Gasteiger partial charge is 0.224 e. The quantitative estimate of drug-likeness (QED) is 0.821. The van der Waals surface area contributed by atoms with E-state index in [1.807, 2.05) is 18.5 Å². The summed E-state index contributed by atoms with van der Waals surface area (Å²) in [5.74, 6) is 0.830. The van der Waals surface area contributed by atoms with Gasteiger partial charge in [0.25, 0.3) is 0 Å². The lowest BCUT2D eigenvalue weighted by Gasteiger charge is -2.49. The molecule has 6 nitrogen and oxygen atoms in total. The van der Waals surface area contributed by atoms with Gasteiger partial charge in [0, 0.05) is 24.2 Å². The maximum atomic E-state index is 12.5. The van der Waals surface area contributed by atoms with E-state index in [0.29, 0.717) is 12.0 Å². The predicted octanol–water partition coefficient (Wildman–Crippen LogP) is 3.48. The third kappa shape index (κ3) is 4.43. The molecule has 0 aliphatic carbocycles. The summed E-state index contributed by atoms with van der Waals surface area (Å²) in [5, 5.41) is 11.9. The Bertz CT molecular complexity index is 880. The number of amides is 1. The summed E-state index contributed by atoms with van der Waals surface area (Å²) in [6, 6.07) is 9.28. The van der Waals surface area contributed by atoms with Crippen molar-refractivity contribution in [3.05, 3.63) is 36.0 Å². The summed E-state index contributed by atoms with van der Waals surface area (Å²) < 4.78 is 1.97. The predicted molar refractivity (Wildman–Crippen MR) is 119 cm³/mol. The van der Waals surface area contributed by atoms with Crippen molar-refractivity contribution >= 4 is 5.91 Å². The molecule has 0 spiro atoms. The summed E-state index contributed by atoms with van der Waals surface area (Å²) in [5.41, 5.74) is 3.49. The minimum atomic E-state index is 0.130. The molecule has 2 bridgehead atoms. The second-order valence-electron chi connectivity index (χ2n) is 10.4. The molecule has 162 valence electrons. The largest absolute Gasteiger partial charge is 0.354 e. The second-order valence-corrected chi connectivity index (χ2v) is 10.4. The lowest BCUT2D eigenvalue weighted by atomic mass is 9.75. The SMILES string of the molecule is CC(C)NC(=O)C1CN2CCC1CC2Cn1cc(-c2ccc(C(C)(C)C)cc2)nn1. The summed E-state index contributed by atoms with van der Waals surface area (Å²) in [6.45, 7) is 13.5. The number of rotatable bonds is 5. The molecule has 4 heterocycles. The Hall–Kier alpha value is -2.21. The molecule has 3 aliphatic rings. The van der Waals surface area contributed by atoms with Gasteiger partial charge in [-0.2, -0.15) is 0 Å². The summed E-state index contributed by atoms with van der Waals surface area (Å²) in [4.78, 5) is 15.0. The molecule has 5 rings (SSSR count). The molecular weight excluding hydrogens is 374 g/mol. The monoisotopic (exact) mass is 409 g/mol. The molecule has 3 saturated heterocycles. The number of carbonyl (C=O) groups is 1. The highest BCUT2D eigenvalue weighted by Crippen LogP contribution is 2.37. The van der Waals surface area contributed by atoms with E-state index in [-0.39, 0.29) is 23.3 Å². The number of hydrogen-bond acceptors (Lipinski definition) is 4. The molecule has 1 aromatic heterocycles. The molecule has 6 heteroatoms. The van der Waals surface area contributed by atoms with Crippen LogP contribution in [0.15, 0.2) is 30.5 Å². The Morgan fingerprint density at radius 1 is 1.23 bits per heavy atom. The number of carbonyl (C=O) groups excluding carboxylic acids is 1. The van der Waals surface area contributed by atoms with E-state index >= 15 is 0 Å². The highest BCUT2D eigenvalue weighted by molar-refractivity contribution is 5.79. The number of piperidine rings is 3. The Morgan fingerprint density at radius 2 is 1.97 bits per heavy atom. The van der Waals surface area contributed by atoms with E-state index in [9.17, 15) is 4.79 Å². The lowest BCUT2D eigenvalue weighted by molar-refractivity contribution is -0.133. The van der Waals surface area contributed by atoms with Crippen LogP contribution in [-0.2, 0) is 16.8 Å². The average Bonchev–Trinajstić information content (AvgIpc) is 3.16. The van der Waals surface area contributed by atoms with Crippen LogP contribution in [0.3, 0.4) is 0 Å². The normalized spacial score (nSPS) is 26.2. The number of hydrogen-bond donors (Lipinski definition) is 1. The van der Waals surface area contributed by atoms with Gasteiger partial charge < -0.3 is 5.32 Å². The van der Waals surface area contributed by atoms with Crippen LogP contribution >= 0.6 is 0 Å². The first-order valence-electron chi connectivity index (χ1n) is 11.3. The van der Waals surface area contributed by atoms with E-state index in [1.54, 1.807) is 0 Å². The first-order valence-corrected chi connectivity index (χ1v) is 11.3. The number of aromatic nitrogens is 3. The molecule has 1 amide bonds. The van der Waals surface area contributed by atoms with Crippen molar-refractivity contribution in [2.24, 2.45) is 11.8 Å². The van der Waals surface area contributed by atoms with Crippen LogP contribution in [0.25, 0.3) is 11.3 Å². The third-order valence-electron chi connectivity index (χ3n) is 6.63. The van der Waals surface area contributed by atoms with Gasteiger partial charge in [0.05, 0.1) is 18.7 Å². The third-order valence-corrected chi connectivity index (χ3v) is 6.63. The molecule has 3 aliphatic heterocycles. The molecule has 1 N–H and O–H groups in total. The van der Waals surface area contributed by atoms with Crippen LogP contribution in [0.1, 0.15) is 53.0 Å². The van der Waals surface area contributed by atoms with Crippen molar-refractivity contribution in [1.82, 2.24) is 25.2 Å². The Labute approximate surface area is 180 Å². The standard InChI is InChI=1S/C24H35N5O/c1-16(2)25-23(30)21-14-28-11-10-18(21)12-20(28)13-29-15-22(26-27-29)17-6-8-19(9-7-17)24(3,4)5/h6-9,15-16,18,20-21H,10-14H2,1-5H3,(H,25,30). The maximum Gasteiger partial charge on any atom is 0.224 e. The molecule has 30 heavy (non-hydrogen) atoms. The first-order chi connectivity index (χ1) is 14.2. The van der Waals surface area contributed by atoms with E-state index in [4.69, 9.17) is 0 Å². The summed E-state index contributed by atoms with van der Waals surface area (Å²) in [7, 11) is 0. The number of benzene rings is 1. The van der Waals surface area contributed by atoms with Crippen LogP contribution in [0.5, 0.6) is 0 Å². The van der Waals surface area contributed by atoms with Gasteiger partial charge in [0.2, 0.25) is 5.91 Å². The van der Waals surface area contributed by atoms with Gasteiger partial charge >= 0.3 is 0 Å². The van der Waals surface area contributed by atoms with Crippen LogP contribution in [0.4, 0.5) is 0 Å². The topological polar surface area (TPSA) is 63.1 Å². The number of fused-ring (bicyclic) bond motifs is 3. The van der Waals surface area contributed by atoms with Gasteiger partial charge in [0.1, 0.15) is 5.69 Å². The summed E-state index contributed by atoms with van der Waals surface area (Å²) >= 11 is 0. The van der Waals surface area contributed by atoms with Crippen molar-refractivity contribution < 1.29 is 4.79 Å². The van der Waals surface area contributed by atoms with Gasteiger partial charge in [-0.05, 0) is 50.1 Å². The first kappa shape index (κ1) is 21.0. The second kappa shape index (κ2) is 8.14. The molecule has 4 unspecified atom stereocenters. The maximum absolute atomic E-state index is 12.5. The minimum Gasteiger partial charge on any atom is -0.354 e. The van der Waals surface area contributed by atoms with Crippen LogP contribution < -0.4 is 5.32 Å². The highest BCUT2D eigenvalue weighted by atomic mass is 16.2. The summed E-state index contributed by atoms with van der Waals surface area (Å²) in [6.07, 6.45) is 4.24. The fourth-order valence-corrected chi connectivity index (χ4v) is 4.89. The van der Waals surface area contributed by atoms with Gasteiger partial charge in [-0.25, -0.2) is 0 Å². The molecule has 3 fully saturated rings. The zero-order valence-electron chi connectivity index (χ0n) is 18.9. The van der Waals surface area contributed by atoms with Crippen LogP contribution in [-0.4, -0.2) is 51.0 Å². The molecular formula is C24H35N5O. The van der Waals surface area contributed by atoms with Crippen molar-refractivity contribution in [3.63, 3.8) is 0 Å². The average molecular weight is 410 g/mol. The number of nitrogens with zero attached hydrogens (tertiary/aromatic N) is 4. The van der Waals surface area contributed by atoms with E-state index in [1.165, 1.54) is 5.56 Å². The van der Waals surface area contributed by atoms with Crippen molar-refractivity contribution in [1.29, 1.82) is 0 Å². The number of nitrogens with one attached hydrogen (secondary N) is 1. The van der Waals surface area contributed by atoms with Gasteiger partial charge in [-0.15, -0.1) is 5.10 Å². The van der Waals surface area contributed by atoms with Gasteiger partial charge in [0.15, 0.2) is 0 Å². The van der Waals surface area contributed by atoms with E-state index < -0.39 is 0 Å². The Morgan fingerprint density at radius 3 is 2.57 bits per heavy atom. The van der Waals surface area contributed by atoms with Crippen molar-refractivity contribution in [2.45, 2.75) is 71.5 Å². The van der Waals surface area contributed by atoms with Gasteiger partial charge in [-0.3, -0.25) is 14.4 Å². The van der Waals surface area contributed by atoms with Crippen LogP contribution in [0.2, 0.25) is 0 Å². The minimum absolute atomic E-state index is 0.130. The zero-order chi connectivity index (χ0) is 21.5.